The third-order valence-electron chi connectivity index (χ3n) is 2.27. The van der Waals surface area contributed by atoms with Crippen molar-refractivity contribution >= 4 is 6.03 Å². The van der Waals surface area contributed by atoms with Crippen LogP contribution in [0.15, 0.2) is 30.3 Å². The Hall–Kier alpha value is -1.55. The molecule has 1 aromatic carbocycles. The fourth-order valence-corrected chi connectivity index (χ4v) is 1.20. The fraction of sp³-hybridized carbons (Fsp3) is 0.417. The van der Waals surface area contributed by atoms with Crippen LogP contribution in [-0.2, 0) is 6.54 Å². The molecule has 1 atom stereocenters. The molecule has 1 aromatic rings. The largest absolute Gasteiger partial charge is 0.391 e. The summed E-state index contributed by atoms with van der Waals surface area (Å²) in [6.45, 7) is 2.65. The number of aliphatic hydroxyl groups is 1. The average molecular weight is 222 g/mol. The van der Waals surface area contributed by atoms with Crippen molar-refractivity contribution in [3.05, 3.63) is 35.9 Å². The molecule has 16 heavy (non-hydrogen) atoms. The highest BCUT2D eigenvalue weighted by atomic mass is 16.3. The zero-order chi connectivity index (χ0) is 11.8. The quantitative estimate of drug-likeness (QED) is 0.702. The third-order valence-corrected chi connectivity index (χ3v) is 2.27. The van der Waals surface area contributed by atoms with Gasteiger partial charge < -0.3 is 15.7 Å². The predicted octanol–water partition coefficient (Wildman–Crippen LogP) is 1.26. The van der Waals surface area contributed by atoms with Crippen LogP contribution >= 0.6 is 0 Å². The summed E-state index contributed by atoms with van der Waals surface area (Å²) in [7, 11) is 0. The third kappa shape index (κ3) is 4.79. The van der Waals surface area contributed by atoms with Crippen LogP contribution in [0.3, 0.4) is 0 Å². The highest BCUT2D eigenvalue weighted by Gasteiger charge is 2.03. The Balaban J connectivity index is 2.20. The van der Waals surface area contributed by atoms with Gasteiger partial charge in [0.1, 0.15) is 0 Å². The molecular weight excluding hydrogens is 204 g/mol. The lowest BCUT2D eigenvalue weighted by Crippen LogP contribution is -2.39. The highest BCUT2D eigenvalue weighted by Crippen LogP contribution is 1.96. The Morgan fingerprint density at radius 3 is 2.62 bits per heavy atom. The van der Waals surface area contributed by atoms with Gasteiger partial charge in [-0.3, -0.25) is 0 Å². The molecule has 2 amide bonds. The summed E-state index contributed by atoms with van der Waals surface area (Å²) in [4.78, 5) is 11.3. The lowest BCUT2D eigenvalue weighted by molar-refractivity contribution is 0.166. The number of rotatable bonds is 5. The first-order chi connectivity index (χ1) is 7.72. The van der Waals surface area contributed by atoms with E-state index in [0.29, 0.717) is 13.0 Å². The summed E-state index contributed by atoms with van der Waals surface area (Å²) >= 11 is 0. The minimum atomic E-state index is -0.470. The second-order valence-electron chi connectivity index (χ2n) is 3.61. The summed E-state index contributed by atoms with van der Waals surface area (Å²) in [6.07, 6.45) is 0.168. The van der Waals surface area contributed by atoms with Crippen molar-refractivity contribution in [2.24, 2.45) is 0 Å². The number of urea groups is 1. The van der Waals surface area contributed by atoms with E-state index < -0.39 is 6.10 Å². The standard InChI is InChI=1S/C12H18N2O2/c1-2-11(15)9-14-12(16)13-8-10-6-4-3-5-7-10/h3-7,11,15H,2,8-9H2,1H3,(H2,13,14,16). The molecule has 0 aliphatic heterocycles. The first-order valence-electron chi connectivity index (χ1n) is 5.46. The molecule has 4 heteroatoms. The Morgan fingerprint density at radius 2 is 2.00 bits per heavy atom. The topological polar surface area (TPSA) is 61.4 Å². The van der Waals surface area contributed by atoms with Gasteiger partial charge in [0.2, 0.25) is 0 Å². The van der Waals surface area contributed by atoms with E-state index in [-0.39, 0.29) is 12.6 Å². The summed E-state index contributed by atoms with van der Waals surface area (Å²) in [6, 6.07) is 9.42. The minimum absolute atomic E-state index is 0.253. The van der Waals surface area contributed by atoms with Gasteiger partial charge in [0, 0.05) is 13.1 Å². The van der Waals surface area contributed by atoms with Crippen LogP contribution in [0.2, 0.25) is 0 Å². The van der Waals surface area contributed by atoms with Crippen molar-refractivity contribution in [3.63, 3.8) is 0 Å². The van der Waals surface area contributed by atoms with Crippen LogP contribution in [0, 0.1) is 0 Å². The number of hydrogen-bond acceptors (Lipinski definition) is 2. The number of carbonyl (C=O) groups excluding carboxylic acids is 1. The molecule has 0 aliphatic carbocycles. The van der Waals surface area contributed by atoms with Crippen LogP contribution in [0.25, 0.3) is 0 Å². The van der Waals surface area contributed by atoms with E-state index in [2.05, 4.69) is 10.6 Å². The van der Waals surface area contributed by atoms with E-state index in [1.54, 1.807) is 0 Å². The molecule has 4 nitrogen and oxygen atoms in total. The SMILES string of the molecule is CCC(O)CNC(=O)NCc1ccccc1. The molecule has 0 saturated heterocycles. The molecule has 3 N–H and O–H groups in total. The lowest BCUT2D eigenvalue weighted by atomic mass is 10.2. The molecule has 88 valence electrons. The van der Waals surface area contributed by atoms with Crippen molar-refractivity contribution in [3.8, 4) is 0 Å². The van der Waals surface area contributed by atoms with Gasteiger partial charge in [-0.05, 0) is 12.0 Å². The molecule has 0 bridgehead atoms. The maximum atomic E-state index is 11.3. The smallest absolute Gasteiger partial charge is 0.315 e. The number of nitrogens with one attached hydrogen (secondary N) is 2. The molecule has 0 spiro atoms. The van der Waals surface area contributed by atoms with Crippen molar-refractivity contribution in [2.45, 2.75) is 26.0 Å². The number of amides is 2. The summed E-state index contributed by atoms with van der Waals surface area (Å²) in [5.74, 6) is 0. The summed E-state index contributed by atoms with van der Waals surface area (Å²) in [5, 5.41) is 14.6. The molecule has 0 radical (unpaired) electrons. The van der Waals surface area contributed by atoms with Crippen LogP contribution < -0.4 is 10.6 Å². The van der Waals surface area contributed by atoms with Gasteiger partial charge in [-0.1, -0.05) is 37.3 Å². The monoisotopic (exact) mass is 222 g/mol. The normalized spacial score (nSPS) is 11.9. The average Bonchev–Trinajstić information content (AvgIpc) is 2.34. The zero-order valence-electron chi connectivity index (χ0n) is 9.44. The van der Waals surface area contributed by atoms with E-state index in [1.807, 2.05) is 37.3 Å². The predicted molar refractivity (Wildman–Crippen MR) is 63.0 cm³/mol. The van der Waals surface area contributed by atoms with Crippen LogP contribution in [0.5, 0.6) is 0 Å². The maximum Gasteiger partial charge on any atom is 0.315 e. The van der Waals surface area contributed by atoms with Gasteiger partial charge in [-0.15, -0.1) is 0 Å². The molecule has 1 unspecified atom stereocenters. The molecule has 0 saturated carbocycles. The summed E-state index contributed by atoms with van der Waals surface area (Å²) in [5.41, 5.74) is 1.05. The Kier molecular flexibility index (Phi) is 5.36. The van der Waals surface area contributed by atoms with E-state index in [1.165, 1.54) is 0 Å². The van der Waals surface area contributed by atoms with E-state index in [4.69, 9.17) is 0 Å². The lowest BCUT2D eigenvalue weighted by Gasteiger charge is -2.10. The first-order valence-corrected chi connectivity index (χ1v) is 5.46. The minimum Gasteiger partial charge on any atom is -0.391 e. The van der Waals surface area contributed by atoms with E-state index >= 15 is 0 Å². The number of aliphatic hydroxyl groups excluding tert-OH is 1. The second-order valence-corrected chi connectivity index (χ2v) is 3.61. The van der Waals surface area contributed by atoms with Gasteiger partial charge in [0.05, 0.1) is 6.10 Å². The van der Waals surface area contributed by atoms with Crippen molar-refractivity contribution < 1.29 is 9.90 Å². The van der Waals surface area contributed by atoms with E-state index in [9.17, 15) is 9.90 Å². The Bertz CT molecular complexity index is 314. The van der Waals surface area contributed by atoms with Gasteiger partial charge in [-0.25, -0.2) is 4.79 Å². The Morgan fingerprint density at radius 1 is 1.31 bits per heavy atom. The summed E-state index contributed by atoms with van der Waals surface area (Å²) < 4.78 is 0. The second kappa shape index (κ2) is 6.85. The number of carbonyl (C=O) groups is 1. The molecule has 0 aliphatic rings. The van der Waals surface area contributed by atoms with E-state index in [0.717, 1.165) is 5.56 Å². The highest BCUT2D eigenvalue weighted by molar-refractivity contribution is 5.73. The number of benzene rings is 1. The van der Waals surface area contributed by atoms with Crippen molar-refractivity contribution in [2.75, 3.05) is 6.54 Å². The van der Waals surface area contributed by atoms with Crippen LogP contribution in [0.1, 0.15) is 18.9 Å². The van der Waals surface area contributed by atoms with Crippen LogP contribution in [0.4, 0.5) is 4.79 Å². The van der Waals surface area contributed by atoms with Crippen molar-refractivity contribution in [1.82, 2.24) is 10.6 Å². The first kappa shape index (κ1) is 12.5. The van der Waals surface area contributed by atoms with Gasteiger partial charge in [-0.2, -0.15) is 0 Å². The molecule has 0 aromatic heterocycles. The zero-order valence-corrected chi connectivity index (χ0v) is 9.44. The van der Waals surface area contributed by atoms with Gasteiger partial charge >= 0.3 is 6.03 Å². The van der Waals surface area contributed by atoms with Crippen LogP contribution in [-0.4, -0.2) is 23.8 Å². The van der Waals surface area contributed by atoms with Crippen molar-refractivity contribution in [1.29, 1.82) is 0 Å². The molecule has 0 heterocycles. The fourth-order valence-electron chi connectivity index (χ4n) is 1.20. The molecule has 0 fully saturated rings. The Labute approximate surface area is 95.7 Å². The molecule has 1 rings (SSSR count). The molecular formula is C12H18N2O2. The van der Waals surface area contributed by atoms with Gasteiger partial charge in [0.15, 0.2) is 0 Å². The number of hydrogen-bond donors (Lipinski definition) is 3. The van der Waals surface area contributed by atoms with Gasteiger partial charge in [0.25, 0.3) is 0 Å². The maximum absolute atomic E-state index is 11.3.